The third kappa shape index (κ3) is 2.95. The first kappa shape index (κ1) is 15.9. The number of likely N-dealkylation sites (tertiary alicyclic amines) is 1. The molecule has 1 fully saturated rings. The van der Waals surface area contributed by atoms with E-state index in [4.69, 9.17) is 14.2 Å². The summed E-state index contributed by atoms with van der Waals surface area (Å²) in [6.45, 7) is 4.33. The molecule has 0 spiro atoms. The van der Waals surface area contributed by atoms with E-state index in [2.05, 4.69) is 4.90 Å². The smallest absolute Gasteiger partial charge is 0.310 e. The lowest BCUT2D eigenvalue weighted by Gasteiger charge is -2.39. The van der Waals surface area contributed by atoms with Crippen molar-refractivity contribution in [3.63, 3.8) is 0 Å². The molecule has 6 nitrogen and oxygen atoms in total. The Bertz CT molecular complexity index is 603. The van der Waals surface area contributed by atoms with E-state index in [1.54, 1.807) is 7.11 Å². The van der Waals surface area contributed by atoms with Crippen LogP contribution in [0.2, 0.25) is 0 Å². The van der Waals surface area contributed by atoms with Crippen molar-refractivity contribution in [1.82, 2.24) is 4.90 Å². The van der Waals surface area contributed by atoms with Gasteiger partial charge in [0.15, 0.2) is 11.5 Å². The van der Waals surface area contributed by atoms with Crippen molar-refractivity contribution in [2.45, 2.75) is 32.7 Å². The van der Waals surface area contributed by atoms with E-state index in [-0.39, 0.29) is 6.79 Å². The number of carboxylic acid groups (broad SMARTS) is 1. The second-order valence-corrected chi connectivity index (χ2v) is 6.29. The number of aliphatic carboxylic acids is 1. The van der Waals surface area contributed by atoms with E-state index in [1.807, 2.05) is 19.1 Å². The van der Waals surface area contributed by atoms with Crippen LogP contribution in [0.5, 0.6) is 17.2 Å². The summed E-state index contributed by atoms with van der Waals surface area (Å²) in [6, 6.07) is 3.89. The minimum Gasteiger partial charge on any atom is -0.493 e. The van der Waals surface area contributed by atoms with Crippen LogP contribution < -0.4 is 14.2 Å². The maximum Gasteiger partial charge on any atom is 0.310 e. The molecule has 23 heavy (non-hydrogen) atoms. The van der Waals surface area contributed by atoms with Crippen molar-refractivity contribution in [3.8, 4) is 17.2 Å². The van der Waals surface area contributed by atoms with Crippen molar-refractivity contribution >= 4 is 5.97 Å². The van der Waals surface area contributed by atoms with Gasteiger partial charge in [0, 0.05) is 13.1 Å². The number of carboxylic acids is 1. The van der Waals surface area contributed by atoms with Gasteiger partial charge in [0.1, 0.15) is 0 Å². The van der Waals surface area contributed by atoms with Gasteiger partial charge in [0.25, 0.3) is 0 Å². The second kappa shape index (κ2) is 6.28. The van der Waals surface area contributed by atoms with Gasteiger partial charge in [-0.3, -0.25) is 9.69 Å². The van der Waals surface area contributed by atoms with Crippen molar-refractivity contribution < 1.29 is 24.1 Å². The normalized spacial score (nSPS) is 23.7. The van der Waals surface area contributed by atoms with Crippen LogP contribution in [0.4, 0.5) is 0 Å². The fourth-order valence-corrected chi connectivity index (χ4v) is 3.51. The number of hydrogen-bond acceptors (Lipinski definition) is 5. The standard InChI is InChI=1S/C17H23NO5/c1-3-17(16(19)20)5-4-6-18(10-17)9-12-7-13(21-2)15-14(8-12)22-11-23-15/h7-8H,3-6,9-11H2,1-2H3,(H,19,20)/t17-/m1/s1. The molecule has 2 aliphatic rings. The predicted molar refractivity (Wildman–Crippen MR) is 84.0 cm³/mol. The Morgan fingerprint density at radius 1 is 1.43 bits per heavy atom. The number of fused-ring (bicyclic) bond motifs is 1. The summed E-state index contributed by atoms with van der Waals surface area (Å²) in [4.78, 5) is 13.9. The average Bonchev–Trinajstić information content (AvgIpc) is 3.02. The van der Waals surface area contributed by atoms with E-state index in [0.717, 1.165) is 24.9 Å². The number of rotatable bonds is 5. The molecule has 6 heteroatoms. The van der Waals surface area contributed by atoms with Gasteiger partial charge in [-0.05, 0) is 43.5 Å². The molecule has 2 heterocycles. The predicted octanol–water partition coefficient (Wildman–Crippen LogP) is 2.50. The quantitative estimate of drug-likeness (QED) is 0.899. The Morgan fingerprint density at radius 3 is 2.96 bits per heavy atom. The molecule has 1 aromatic carbocycles. The van der Waals surface area contributed by atoms with Crippen LogP contribution in [0, 0.1) is 5.41 Å². The Morgan fingerprint density at radius 2 is 2.26 bits per heavy atom. The third-order valence-corrected chi connectivity index (χ3v) is 4.91. The third-order valence-electron chi connectivity index (χ3n) is 4.91. The monoisotopic (exact) mass is 321 g/mol. The summed E-state index contributed by atoms with van der Waals surface area (Å²) in [7, 11) is 1.61. The zero-order valence-corrected chi connectivity index (χ0v) is 13.6. The number of nitrogens with zero attached hydrogens (tertiary/aromatic N) is 1. The van der Waals surface area contributed by atoms with Gasteiger partial charge in [0.05, 0.1) is 12.5 Å². The molecule has 3 rings (SSSR count). The van der Waals surface area contributed by atoms with Crippen LogP contribution in [0.15, 0.2) is 12.1 Å². The van der Waals surface area contributed by atoms with E-state index in [9.17, 15) is 9.90 Å². The summed E-state index contributed by atoms with van der Waals surface area (Å²) in [5.41, 5.74) is 0.418. The maximum absolute atomic E-state index is 11.7. The summed E-state index contributed by atoms with van der Waals surface area (Å²) in [5, 5.41) is 9.60. The summed E-state index contributed by atoms with van der Waals surface area (Å²) >= 11 is 0. The zero-order valence-electron chi connectivity index (χ0n) is 13.6. The first-order chi connectivity index (χ1) is 11.1. The maximum atomic E-state index is 11.7. The van der Waals surface area contributed by atoms with Crippen molar-refractivity contribution in [1.29, 1.82) is 0 Å². The van der Waals surface area contributed by atoms with Crippen molar-refractivity contribution in [2.75, 3.05) is 27.0 Å². The van der Waals surface area contributed by atoms with Crippen LogP contribution in [0.25, 0.3) is 0 Å². The largest absolute Gasteiger partial charge is 0.493 e. The summed E-state index contributed by atoms with van der Waals surface area (Å²) < 4.78 is 16.2. The van der Waals surface area contributed by atoms with Gasteiger partial charge in [-0.2, -0.15) is 0 Å². The van der Waals surface area contributed by atoms with Crippen LogP contribution in [-0.4, -0.2) is 43.0 Å². The number of methoxy groups -OCH3 is 1. The van der Waals surface area contributed by atoms with E-state index in [0.29, 0.717) is 36.8 Å². The van der Waals surface area contributed by atoms with Gasteiger partial charge in [0.2, 0.25) is 12.5 Å². The number of hydrogen-bond donors (Lipinski definition) is 1. The zero-order chi connectivity index (χ0) is 16.4. The molecule has 0 bridgehead atoms. The molecule has 0 amide bonds. The Labute approximate surface area is 135 Å². The van der Waals surface area contributed by atoms with Crippen molar-refractivity contribution in [2.24, 2.45) is 5.41 Å². The molecule has 0 radical (unpaired) electrons. The van der Waals surface area contributed by atoms with Crippen LogP contribution in [0.3, 0.4) is 0 Å². The Hall–Kier alpha value is -1.95. The van der Waals surface area contributed by atoms with Gasteiger partial charge in [-0.15, -0.1) is 0 Å². The van der Waals surface area contributed by atoms with Crippen molar-refractivity contribution in [3.05, 3.63) is 17.7 Å². The number of ether oxygens (including phenoxy) is 3. The first-order valence-electron chi connectivity index (χ1n) is 8.00. The highest BCUT2D eigenvalue weighted by atomic mass is 16.7. The second-order valence-electron chi connectivity index (χ2n) is 6.29. The van der Waals surface area contributed by atoms with Crippen LogP contribution in [-0.2, 0) is 11.3 Å². The topological polar surface area (TPSA) is 68.2 Å². The summed E-state index contributed by atoms with van der Waals surface area (Å²) in [5.74, 6) is 1.31. The molecule has 1 atom stereocenters. The molecular formula is C17H23NO5. The minimum atomic E-state index is -0.687. The van der Waals surface area contributed by atoms with E-state index in [1.165, 1.54) is 0 Å². The minimum absolute atomic E-state index is 0.205. The molecule has 1 N–H and O–H groups in total. The van der Waals surface area contributed by atoms with Gasteiger partial charge < -0.3 is 19.3 Å². The average molecular weight is 321 g/mol. The Kier molecular flexibility index (Phi) is 4.35. The first-order valence-corrected chi connectivity index (χ1v) is 8.00. The summed E-state index contributed by atoms with van der Waals surface area (Å²) in [6.07, 6.45) is 2.31. The Balaban J connectivity index is 1.78. The lowest BCUT2D eigenvalue weighted by atomic mass is 9.77. The lowest BCUT2D eigenvalue weighted by molar-refractivity contribution is -0.153. The van der Waals surface area contributed by atoms with Gasteiger partial charge in [-0.25, -0.2) is 0 Å². The number of benzene rings is 1. The molecule has 1 saturated heterocycles. The highest BCUT2D eigenvalue weighted by molar-refractivity contribution is 5.75. The fraction of sp³-hybridized carbons (Fsp3) is 0.588. The molecule has 0 saturated carbocycles. The van der Waals surface area contributed by atoms with Crippen LogP contribution >= 0.6 is 0 Å². The molecular weight excluding hydrogens is 298 g/mol. The van der Waals surface area contributed by atoms with E-state index < -0.39 is 11.4 Å². The lowest BCUT2D eigenvalue weighted by Crippen LogP contribution is -2.47. The molecule has 0 aromatic heterocycles. The highest BCUT2D eigenvalue weighted by Crippen LogP contribution is 2.42. The van der Waals surface area contributed by atoms with E-state index >= 15 is 0 Å². The molecule has 2 aliphatic heterocycles. The van der Waals surface area contributed by atoms with Gasteiger partial charge >= 0.3 is 5.97 Å². The van der Waals surface area contributed by atoms with Crippen LogP contribution in [0.1, 0.15) is 31.7 Å². The molecule has 0 unspecified atom stereocenters. The fourth-order valence-electron chi connectivity index (χ4n) is 3.51. The SMILES string of the molecule is CC[C@@]1(C(=O)O)CCCN(Cc2cc(OC)c3c(c2)OCO3)C1. The molecule has 126 valence electrons. The molecule has 0 aliphatic carbocycles. The van der Waals surface area contributed by atoms with Gasteiger partial charge in [-0.1, -0.05) is 6.92 Å². The highest BCUT2D eigenvalue weighted by Gasteiger charge is 2.40. The molecule has 1 aromatic rings. The number of piperidine rings is 1. The number of carbonyl (C=O) groups is 1.